The van der Waals surface area contributed by atoms with E-state index in [1.165, 1.54) is 0 Å². The number of halogens is 1. The zero-order chi connectivity index (χ0) is 7.68. The number of nitrogens with one attached hydrogen (secondary N) is 1. The van der Waals surface area contributed by atoms with Crippen LogP contribution in [0.2, 0.25) is 0 Å². The first-order valence-electron chi connectivity index (χ1n) is 4.20. The fourth-order valence-corrected chi connectivity index (χ4v) is 1.87. The number of fused-ring (bicyclic) bond motifs is 1. The molecule has 3 nitrogen and oxygen atoms in total. The Hall–Kier alpha value is -0.120. The summed E-state index contributed by atoms with van der Waals surface area (Å²) in [6, 6.07) is 0. The number of carbonyl (C=O) groups excluding carboxylic acids is 1. The molecule has 0 radical (unpaired) electrons. The third kappa shape index (κ3) is 1.97. The van der Waals surface area contributed by atoms with E-state index in [0.717, 1.165) is 25.9 Å². The molecule has 0 aromatic carbocycles. The van der Waals surface area contributed by atoms with Crippen LogP contribution in [-0.2, 0) is 9.53 Å². The minimum absolute atomic E-state index is 0. The van der Waals surface area contributed by atoms with Crippen LogP contribution in [0.5, 0.6) is 0 Å². The van der Waals surface area contributed by atoms with E-state index in [0.29, 0.717) is 18.6 Å². The van der Waals surface area contributed by atoms with Crippen LogP contribution in [0.25, 0.3) is 0 Å². The Kier molecular flexibility index (Phi) is 3.50. The van der Waals surface area contributed by atoms with Gasteiger partial charge in [0.05, 0.1) is 6.10 Å². The molecule has 0 bridgehead atoms. The molecule has 0 aromatic heterocycles. The lowest BCUT2D eigenvalue weighted by atomic mass is 9.89. The molecule has 0 amide bonds. The van der Waals surface area contributed by atoms with Crippen molar-refractivity contribution in [2.24, 2.45) is 5.92 Å². The number of carbonyl (C=O) groups is 1. The third-order valence-electron chi connectivity index (χ3n) is 2.49. The standard InChI is InChI=1S/C8H13NO2.ClH/c10-7-3-6-4-9-2-1-8(6)11-5-7;/h6,8-9H,1-5H2;1H/t6-,8-;/m1./s1. The van der Waals surface area contributed by atoms with Crippen LogP contribution < -0.4 is 5.32 Å². The van der Waals surface area contributed by atoms with Gasteiger partial charge in [0.2, 0.25) is 0 Å². The van der Waals surface area contributed by atoms with Crippen LogP contribution >= 0.6 is 12.4 Å². The van der Waals surface area contributed by atoms with Gasteiger partial charge < -0.3 is 10.1 Å². The van der Waals surface area contributed by atoms with Crippen LogP contribution in [0.4, 0.5) is 0 Å². The van der Waals surface area contributed by atoms with E-state index in [-0.39, 0.29) is 18.2 Å². The monoisotopic (exact) mass is 191 g/mol. The number of Topliss-reactive ketones (excluding diaryl/α,β-unsaturated/α-hetero) is 1. The Morgan fingerprint density at radius 1 is 1.50 bits per heavy atom. The van der Waals surface area contributed by atoms with Crippen LogP contribution in [0.15, 0.2) is 0 Å². The van der Waals surface area contributed by atoms with Crippen molar-refractivity contribution >= 4 is 18.2 Å². The van der Waals surface area contributed by atoms with E-state index >= 15 is 0 Å². The van der Waals surface area contributed by atoms with Gasteiger partial charge in [-0.1, -0.05) is 0 Å². The highest BCUT2D eigenvalue weighted by Gasteiger charge is 2.31. The summed E-state index contributed by atoms with van der Waals surface area (Å²) in [6.45, 7) is 2.34. The maximum atomic E-state index is 11.0. The van der Waals surface area contributed by atoms with Gasteiger partial charge in [0, 0.05) is 18.9 Å². The highest BCUT2D eigenvalue weighted by atomic mass is 35.5. The minimum atomic E-state index is 0. The second-order valence-electron chi connectivity index (χ2n) is 3.35. The molecule has 0 saturated carbocycles. The molecule has 2 aliphatic heterocycles. The van der Waals surface area contributed by atoms with E-state index in [4.69, 9.17) is 4.74 Å². The lowest BCUT2D eigenvalue weighted by Crippen LogP contribution is -2.46. The smallest absolute Gasteiger partial charge is 0.158 e. The Labute approximate surface area is 78.3 Å². The largest absolute Gasteiger partial charge is 0.370 e. The molecule has 2 aliphatic rings. The molecule has 70 valence electrons. The van der Waals surface area contributed by atoms with Crippen molar-refractivity contribution in [2.75, 3.05) is 19.7 Å². The molecule has 0 spiro atoms. The van der Waals surface area contributed by atoms with Crippen molar-refractivity contribution in [2.45, 2.75) is 18.9 Å². The van der Waals surface area contributed by atoms with Gasteiger partial charge in [-0.05, 0) is 13.0 Å². The highest BCUT2D eigenvalue weighted by Crippen LogP contribution is 2.22. The van der Waals surface area contributed by atoms with Gasteiger partial charge in [0.25, 0.3) is 0 Å². The molecule has 2 saturated heterocycles. The molecular weight excluding hydrogens is 178 g/mol. The molecular formula is C8H14ClNO2. The van der Waals surface area contributed by atoms with Gasteiger partial charge in [0.1, 0.15) is 6.61 Å². The summed E-state index contributed by atoms with van der Waals surface area (Å²) < 4.78 is 5.40. The van der Waals surface area contributed by atoms with Crippen molar-refractivity contribution in [3.05, 3.63) is 0 Å². The summed E-state index contributed by atoms with van der Waals surface area (Å²) in [4.78, 5) is 11.0. The maximum Gasteiger partial charge on any atom is 0.158 e. The lowest BCUT2D eigenvalue weighted by molar-refractivity contribution is -0.137. The van der Waals surface area contributed by atoms with E-state index in [9.17, 15) is 4.79 Å². The van der Waals surface area contributed by atoms with Crippen molar-refractivity contribution in [1.29, 1.82) is 0 Å². The molecule has 0 unspecified atom stereocenters. The molecule has 2 heterocycles. The molecule has 2 atom stereocenters. The molecule has 0 aliphatic carbocycles. The van der Waals surface area contributed by atoms with Crippen molar-refractivity contribution in [1.82, 2.24) is 5.32 Å². The highest BCUT2D eigenvalue weighted by molar-refractivity contribution is 5.85. The van der Waals surface area contributed by atoms with E-state index < -0.39 is 0 Å². The molecule has 0 aromatic rings. The number of ether oxygens (including phenoxy) is 1. The predicted molar refractivity (Wildman–Crippen MR) is 47.6 cm³/mol. The Bertz CT molecular complexity index is 174. The Balaban J connectivity index is 0.000000720. The average molecular weight is 192 g/mol. The summed E-state index contributed by atoms with van der Waals surface area (Å²) in [5.74, 6) is 0.708. The Morgan fingerprint density at radius 2 is 2.33 bits per heavy atom. The number of rotatable bonds is 0. The van der Waals surface area contributed by atoms with Crippen molar-refractivity contribution in [3.63, 3.8) is 0 Å². The first-order chi connectivity index (χ1) is 5.36. The first-order valence-corrected chi connectivity index (χ1v) is 4.20. The van der Waals surface area contributed by atoms with E-state index in [2.05, 4.69) is 5.32 Å². The SMILES string of the molecule is Cl.O=C1CO[C@@H]2CCNC[C@H]2C1. The zero-order valence-electron chi connectivity index (χ0n) is 6.91. The second kappa shape index (κ2) is 4.21. The summed E-state index contributed by atoms with van der Waals surface area (Å²) >= 11 is 0. The normalized spacial score (nSPS) is 35.2. The summed E-state index contributed by atoms with van der Waals surface area (Å²) in [6.07, 6.45) is 2.14. The van der Waals surface area contributed by atoms with Crippen LogP contribution in [0.3, 0.4) is 0 Å². The topological polar surface area (TPSA) is 38.3 Å². The summed E-state index contributed by atoms with van der Waals surface area (Å²) in [5, 5.41) is 3.27. The number of hydrogen-bond acceptors (Lipinski definition) is 3. The predicted octanol–water partition coefficient (Wildman–Crippen LogP) is 0.376. The number of ketones is 1. The van der Waals surface area contributed by atoms with Gasteiger partial charge in [-0.15, -0.1) is 12.4 Å². The second-order valence-corrected chi connectivity index (χ2v) is 3.35. The lowest BCUT2D eigenvalue weighted by Gasteiger charge is -2.34. The van der Waals surface area contributed by atoms with Gasteiger partial charge in [-0.2, -0.15) is 0 Å². The molecule has 12 heavy (non-hydrogen) atoms. The van der Waals surface area contributed by atoms with Gasteiger partial charge >= 0.3 is 0 Å². The number of hydrogen-bond donors (Lipinski definition) is 1. The minimum Gasteiger partial charge on any atom is -0.370 e. The van der Waals surface area contributed by atoms with Crippen LogP contribution in [0.1, 0.15) is 12.8 Å². The first kappa shape index (κ1) is 9.96. The van der Waals surface area contributed by atoms with Crippen molar-refractivity contribution < 1.29 is 9.53 Å². The van der Waals surface area contributed by atoms with Gasteiger partial charge in [-0.3, -0.25) is 4.79 Å². The Morgan fingerprint density at radius 3 is 3.17 bits per heavy atom. The maximum absolute atomic E-state index is 11.0. The quantitative estimate of drug-likeness (QED) is 0.602. The van der Waals surface area contributed by atoms with Gasteiger partial charge in [-0.25, -0.2) is 0 Å². The average Bonchev–Trinajstić information content (AvgIpc) is 2.04. The number of piperidine rings is 1. The van der Waals surface area contributed by atoms with E-state index in [1.807, 2.05) is 0 Å². The summed E-state index contributed by atoms with van der Waals surface area (Å²) in [7, 11) is 0. The van der Waals surface area contributed by atoms with E-state index in [1.54, 1.807) is 0 Å². The fourth-order valence-electron chi connectivity index (χ4n) is 1.87. The van der Waals surface area contributed by atoms with Gasteiger partial charge in [0.15, 0.2) is 5.78 Å². The third-order valence-corrected chi connectivity index (χ3v) is 2.49. The zero-order valence-corrected chi connectivity index (χ0v) is 7.73. The molecule has 1 N–H and O–H groups in total. The summed E-state index contributed by atoms with van der Waals surface area (Å²) in [5.41, 5.74) is 0. The molecule has 2 fully saturated rings. The van der Waals surface area contributed by atoms with Crippen molar-refractivity contribution in [3.8, 4) is 0 Å². The molecule has 2 rings (SSSR count). The van der Waals surface area contributed by atoms with Crippen LogP contribution in [-0.4, -0.2) is 31.6 Å². The fraction of sp³-hybridized carbons (Fsp3) is 0.875. The molecule has 4 heteroatoms. The van der Waals surface area contributed by atoms with Crippen LogP contribution in [0, 0.1) is 5.92 Å².